The number of hydrogen-bond acceptors (Lipinski definition) is 6. The first-order valence-electron chi connectivity index (χ1n) is 9.86. The van der Waals surface area contributed by atoms with Crippen LogP contribution < -0.4 is 14.2 Å². The van der Waals surface area contributed by atoms with E-state index in [1.165, 1.54) is 18.2 Å². The van der Waals surface area contributed by atoms with E-state index in [9.17, 15) is 13.2 Å². The number of morpholine rings is 1. The SMILES string of the molecule is O=C(C1COc2cc(S(=O)(=O)NCCc3ccccc3)ccc2O1)N1CCOCC1. The molecule has 2 heterocycles. The van der Waals surface area contributed by atoms with Gasteiger partial charge in [0.1, 0.15) is 6.61 Å². The summed E-state index contributed by atoms with van der Waals surface area (Å²) in [5, 5.41) is 0. The van der Waals surface area contributed by atoms with E-state index in [-0.39, 0.29) is 24.0 Å². The molecule has 0 radical (unpaired) electrons. The Morgan fingerprint density at radius 2 is 1.83 bits per heavy atom. The summed E-state index contributed by atoms with van der Waals surface area (Å²) in [7, 11) is -3.69. The summed E-state index contributed by atoms with van der Waals surface area (Å²) in [4.78, 5) is 14.4. The van der Waals surface area contributed by atoms with Gasteiger partial charge in [0.25, 0.3) is 5.91 Å². The molecule has 1 saturated heterocycles. The highest BCUT2D eigenvalue weighted by Crippen LogP contribution is 2.34. The van der Waals surface area contributed by atoms with Gasteiger partial charge >= 0.3 is 0 Å². The van der Waals surface area contributed by atoms with Gasteiger partial charge in [0.15, 0.2) is 11.5 Å². The van der Waals surface area contributed by atoms with E-state index in [0.717, 1.165) is 5.56 Å². The summed E-state index contributed by atoms with van der Waals surface area (Å²) in [6.45, 7) is 2.39. The number of fused-ring (bicyclic) bond motifs is 1. The van der Waals surface area contributed by atoms with Gasteiger partial charge < -0.3 is 19.1 Å². The fourth-order valence-corrected chi connectivity index (χ4v) is 4.43. The summed E-state index contributed by atoms with van der Waals surface area (Å²) in [5.74, 6) is 0.520. The molecule has 8 nitrogen and oxygen atoms in total. The molecule has 2 aromatic rings. The number of carbonyl (C=O) groups excluding carboxylic acids is 1. The van der Waals surface area contributed by atoms with Gasteiger partial charge in [0.2, 0.25) is 16.1 Å². The maximum Gasteiger partial charge on any atom is 0.267 e. The minimum Gasteiger partial charge on any atom is -0.485 e. The van der Waals surface area contributed by atoms with Crippen LogP contribution >= 0.6 is 0 Å². The highest BCUT2D eigenvalue weighted by Gasteiger charge is 2.32. The van der Waals surface area contributed by atoms with Crippen LogP contribution in [0.1, 0.15) is 5.56 Å². The van der Waals surface area contributed by atoms with Crippen LogP contribution in [0.4, 0.5) is 0 Å². The fraction of sp³-hybridized carbons (Fsp3) is 0.381. The number of hydrogen-bond donors (Lipinski definition) is 1. The molecule has 1 fully saturated rings. The number of nitrogens with one attached hydrogen (secondary N) is 1. The third-order valence-electron chi connectivity index (χ3n) is 5.03. The lowest BCUT2D eigenvalue weighted by Crippen LogP contribution is -2.50. The molecule has 1 atom stereocenters. The summed E-state index contributed by atoms with van der Waals surface area (Å²) in [6, 6.07) is 14.1. The van der Waals surface area contributed by atoms with Crippen molar-refractivity contribution >= 4 is 15.9 Å². The fourth-order valence-electron chi connectivity index (χ4n) is 3.39. The Balaban J connectivity index is 1.38. The third kappa shape index (κ3) is 4.75. The smallest absolute Gasteiger partial charge is 0.267 e. The van der Waals surface area contributed by atoms with Crippen molar-refractivity contribution in [2.45, 2.75) is 17.4 Å². The van der Waals surface area contributed by atoms with Crippen molar-refractivity contribution in [3.05, 3.63) is 54.1 Å². The molecule has 9 heteroatoms. The van der Waals surface area contributed by atoms with Gasteiger partial charge in [-0.2, -0.15) is 0 Å². The van der Waals surface area contributed by atoms with Crippen molar-refractivity contribution in [3.63, 3.8) is 0 Å². The largest absolute Gasteiger partial charge is 0.485 e. The Morgan fingerprint density at radius 1 is 1.07 bits per heavy atom. The zero-order valence-corrected chi connectivity index (χ0v) is 17.3. The second kappa shape index (κ2) is 9.03. The molecule has 30 heavy (non-hydrogen) atoms. The number of amides is 1. The van der Waals surface area contributed by atoms with Gasteiger partial charge in [-0.05, 0) is 24.1 Å². The Hall–Kier alpha value is -2.62. The Morgan fingerprint density at radius 3 is 2.60 bits per heavy atom. The molecule has 0 bridgehead atoms. The Bertz CT molecular complexity index is 990. The predicted octanol–water partition coefficient (Wildman–Crippen LogP) is 1.21. The second-order valence-corrected chi connectivity index (χ2v) is 8.86. The van der Waals surface area contributed by atoms with Gasteiger partial charge in [-0.25, -0.2) is 13.1 Å². The first-order valence-corrected chi connectivity index (χ1v) is 11.3. The van der Waals surface area contributed by atoms with Gasteiger partial charge in [-0.15, -0.1) is 0 Å². The third-order valence-corrected chi connectivity index (χ3v) is 6.49. The van der Waals surface area contributed by atoms with Crippen molar-refractivity contribution in [1.29, 1.82) is 0 Å². The van der Waals surface area contributed by atoms with Crippen LogP contribution in [0.3, 0.4) is 0 Å². The van der Waals surface area contributed by atoms with Gasteiger partial charge in [-0.1, -0.05) is 30.3 Å². The molecule has 2 aliphatic heterocycles. The maximum absolute atomic E-state index is 12.6. The van der Waals surface area contributed by atoms with Crippen LogP contribution in [0.2, 0.25) is 0 Å². The van der Waals surface area contributed by atoms with Gasteiger partial charge in [0.05, 0.1) is 18.1 Å². The average Bonchev–Trinajstić information content (AvgIpc) is 2.79. The molecule has 2 aromatic carbocycles. The van der Waals surface area contributed by atoms with E-state index in [4.69, 9.17) is 14.2 Å². The Labute approximate surface area is 175 Å². The minimum absolute atomic E-state index is 0.0358. The van der Waals surface area contributed by atoms with Crippen LogP contribution in [-0.2, 0) is 26.0 Å². The van der Waals surface area contributed by atoms with Crippen LogP contribution in [0, 0.1) is 0 Å². The first-order chi connectivity index (χ1) is 14.5. The summed E-state index contributed by atoms with van der Waals surface area (Å²) in [5.41, 5.74) is 1.05. The van der Waals surface area contributed by atoms with Crippen LogP contribution in [-0.4, -0.2) is 64.8 Å². The predicted molar refractivity (Wildman–Crippen MR) is 109 cm³/mol. The van der Waals surface area contributed by atoms with E-state index in [0.29, 0.717) is 44.2 Å². The summed E-state index contributed by atoms with van der Waals surface area (Å²) in [6.07, 6.45) is -0.155. The summed E-state index contributed by atoms with van der Waals surface area (Å²) >= 11 is 0. The number of carbonyl (C=O) groups is 1. The van der Waals surface area contributed by atoms with Gasteiger partial charge in [-0.3, -0.25) is 4.79 Å². The zero-order valence-electron chi connectivity index (χ0n) is 16.5. The second-order valence-electron chi connectivity index (χ2n) is 7.10. The number of sulfonamides is 1. The van der Waals surface area contributed by atoms with Crippen LogP contribution in [0.5, 0.6) is 11.5 Å². The van der Waals surface area contributed by atoms with E-state index >= 15 is 0 Å². The standard InChI is InChI=1S/C21H24N2O6S/c24-21(23-10-12-27-13-11-23)20-15-28-19-14-17(6-7-18(19)29-20)30(25,26)22-9-8-16-4-2-1-3-5-16/h1-7,14,20,22H,8-13,15H2. The normalized spacial score (nSPS) is 18.8. The van der Waals surface area contributed by atoms with E-state index in [1.54, 1.807) is 4.90 Å². The first kappa shape index (κ1) is 20.6. The van der Waals surface area contributed by atoms with Crippen molar-refractivity contribution in [1.82, 2.24) is 9.62 Å². The van der Waals surface area contributed by atoms with E-state index in [1.807, 2.05) is 30.3 Å². The molecule has 0 saturated carbocycles. The monoisotopic (exact) mass is 432 g/mol. The quantitative estimate of drug-likeness (QED) is 0.737. The molecular formula is C21H24N2O6S. The number of rotatable bonds is 6. The van der Waals surface area contributed by atoms with Gasteiger partial charge in [0, 0.05) is 25.7 Å². The highest BCUT2D eigenvalue weighted by atomic mass is 32.2. The average molecular weight is 432 g/mol. The lowest BCUT2D eigenvalue weighted by atomic mass is 10.2. The minimum atomic E-state index is -3.69. The molecule has 4 rings (SSSR count). The molecule has 1 N–H and O–H groups in total. The number of nitrogens with zero attached hydrogens (tertiary/aromatic N) is 1. The molecule has 160 valence electrons. The van der Waals surface area contributed by atoms with Crippen molar-refractivity contribution < 1.29 is 27.4 Å². The topological polar surface area (TPSA) is 94.2 Å². The molecule has 0 aliphatic carbocycles. The van der Waals surface area contributed by atoms with Crippen molar-refractivity contribution in [2.24, 2.45) is 0 Å². The summed E-state index contributed by atoms with van der Waals surface area (Å²) < 4.78 is 44.5. The van der Waals surface area contributed by atoms with E-state index < -0.39 is 16.1 Å². The Kier molecular flexibility index (Phi) is 6.21. The molecule has 2 aliphatic rings. The molecular weight excluding hydrogens is 408 g/mol. The van der Waals surface area contributed by atoms with E-state index in [2.05, 4.69) is 4.72 Å². The lowest BCUT2D eigenvalue weighted by Gasteiger charge is -2.32. The molecule has 1 unspecified atom stereocenters. The molecule has 0 aromatic heterocycles. The zero-order chi connectivity index (χ0) is 21.0. The lowest BCUT2D eigenvalue weighted by molar-refractivity contribution is -0.145. The van der Waals surface area contributed by atoms with Crippen LogP contribution in [0.15, 0.2) is 53.4 Å². The molecule has 1 amide bonds. The number of ether oxygens (including phenoxy) is 3. The maximum atomic E-state index is 12.6. The highest BCUT2D eigenvalue weighted by molar-refractivity contribution is 7.89. The molecule has 0 spiro atoms. The van der Waals surface area contributed by atoms with Crippen LogP contribution in [0.25, 0.3) is 0 Å². The number of benzene rings is 2. The van der Waals surface area contributed by atoms with Crippen molar-refractivity contribution in [2.75, 3.05) is 39.5 Å². The van der Waals surface area contributed by atoms with Crippen molar-refractivity contribution in [3.8, 4) is 11.5 Å².